The molecule has 0 bridgehead atoms. The standard InChI is InChI=1S/C27H35BrN2O2/c1-27(2,3)32-26(31)29-17-14-20(15-18-29)19-21-7-4-5-8-24(21)25-9-6-16-30(25)23-12-10-22(28)11-13-23/h4-5,7-8,10-13,20,25H,6,9,14-19H2,1-3H3/t25-/m1/s1. The summed E-state index contributed by atoms with van der Waals surface area (Å²) in [6.45, 7) is 8.46. The zero-order valence-electron chi connectivity index (χ0n) is 19.5. The third-order valence-corrected chi connectivity index (χ3v) is 7.13. The highest BCUT2D eigenvalue weighted by Crippen LogP contribution is 2.39. The molecular formula is C27H35BrN2O2. The molecule has 2 saturated heterocycles. The van der Waals surface area contributed by atoms with Crippen LogP contribution in [-0.2, 0) is 11.2 Å². The maximum Gasteiger partial charge on any atom is 0.410 e. The third kappa shape index (κ3) is 5.67. The van der Waals surface area contributed by atoms with Crippen molar-refractivity contribution in [2.24, 2.45) is 5.92 Å². The van der Waals surface area contributed by atoms with E-state index in [9.17, 15) is 4.79 Å². The van der Waals surface area contributed by atoms with Crippen LogP contribution in [0.3, 0.4) is 0 Å². The van der Waals surface area contributed by atoms with Gasteiger partial charge in [-0.15, -0.1) is 0 Å². The fourth-order valence-electron chi connectivity index (χ4n) is 5.03. The number of nitrogens with zero attached hydrogens (tertiary/aromatic N) is 2. The molecule has 2 aliphatic heterocycles. The van der Waals surface area contributed by atoms with Gasteiger partial charge in [0.2, 0.25) is 0 Å². The van der Waals surface area contributed by atoms with Crippen LogP contribution in [0, 0.1) is 5.92 Å². The van der Waals surface area contributed by atoms with Crippen molar-refractivity contribution in [3.05, 3.63) is 64.1 Å². The average molecular weight is 499 g/mol. The van der Waals surface area contributed by atoms with E-state index in [1.807, 2.05) is 25.7 Å². The van der Waals surface area contributed by atoms with Gasteiger partial charge in [-0.1, -0.05) is 40.2 Å². The van der Waals surface area contributed by atoms with E-state index < -0.39 is 5.60 Å². The van der Waals surface area contributed by atoms with Gasteiger partial charge in [0.05, 0.1) is 6.04 Å². The molecule has 0 saturated carbocycles. The number of carbonyl (C=O) groups excluding carboxylic acids is 1. The SMILES string of the molecule is CC(C)(C)OC(=O)N1CCC(Cc2ccccc2[C@H]2CCCN2c2ccc(Br)cc2)CC1. The predicted molar refractivity (Wildman–Crippen MR) is 134 cm³/mol. The summed E-state index contributed by atoms with van der Waals surface area (Å²) < 4.78 is 6.68. The Morgan fingerprint density at radius 2 is 1.69 bits per heavy atom. The average Bonchev–Trinajstić information content (AvgIpc) is 3.24. The highest BCUT2D eigenvalue weighted by Gasteiger charge is 2.30. The molecule has 0 unspecified atom stereocenters. The van der Waals surface area contributed by atoms with E-state index in [4.69, 9.17) is 4.74 Å². The van der Waals surface area contributed by atoms with Crippen molar-refractivity contribution in [1.29, 1.82) is 0 Å². The lowest BCUT2D eigenvalue weighted by atomic mass is 9.86. The van der Waals surface area contributed by atoms with Crippen molar-refractivity contribution in [1.82, 2.24) is 4.90 Å². The van der Waals surface area contributed by atoms with Crippen LogP contribution >= 0.6 is 15.9 Å². The highest BCUT2D eigenvalue weighted by molar-refractivity contribution is 9.10. The quantitative estimate of drug-likeness (QED) is 0.455. The Labute approximate surface area is 201 Å². The van der Waals surface area contributed by atoms with Crippen molar-refractivity contribution < 1.29 is 9.53 Å². The minimum absolute atomic E-state index is 0.174. The molecule has 32 heavy (non-hydrogen) atoms. The number of hydrogen-bond donors (Lipinski definition) is 0. The molecule has 0 aliphatic carbocycles. The number of rotatable bonds is 4. The first kappa shape index (κ1) is 23.2. The molecule has 2 heterocycles. The van der Waals surface area contributed by atoms with Gasteiger partial charge in [0.25, 0.3) is 0 Å². The molecule has 2 fully saturated rings. The molecule has 172 valence electrons. The molecule has 4 nitrogen and oxygen atoms in total. The summed E-state index contributed by atoms with van der Waals surface area (Å²) in [5.74, 6) is 0.609. The van der Waals surface area contributed by atoms with Crippen molar-refractivity contribution >= 4 is 27.7 Å². The van der Waals surface area contributed by atoms with E-state index in [-0.39, 0.29) is 6.09 Å². The molecule has 5 heteroatoms. The van der Waals surface area contributed by atoms with Gasteiger partial charge < -0.3 is 14.5 Å². The van der Waals surface area contributed by atoms with E-state index in [0.29, 0.717) is 12.0 Å². The first-order valence-corrected chi connectivity index (χ1v) is 12.7. The van der Waals surface area contributed by atoms with Crippen LogP contribution in [0.2, 0.25) is 0 Å². The van der Waals surface area contributed by atoms with Crippen LogP contribution in [0.4, 0.5) is 10.5 Å². The molecule has 4 rings (SSSR count). The monoisotopic (exact) mass is 498 g/mol. The smallest absolute Gasteiger partial charge is 0.410 e. The van der Waals surface area contributed by atoms with Gasteiger partial charge in [0.15, 0.2) is 0 Å². The van der Waals surface area contributed by atoms with Gasteiger partial charge >= 0.3 is 6.09 Å². The molecule has 2 aliphatic rings. The lowest BCUT2D eigenvalue weighted by molar-refractivity contribution is 0.0184. The molecule has 0 radical (unpaired) electrons. The number of piperidine rings is 1. The van der Waals surface area contributed by atoms with Crippen LogP contribution in [0.15, 0.2) is 53.0 Å². The number of benzene rings is 2. The number of hydrogen-bond acceptors (Lipinski definition) is 3. The van der Waals surface area contributed by atoms with Crippen molar-refractivity contribution in [2.75, 3.05) is 24.5 Å². The summed E-state index contributed by atoms with van der Waals surface area (Å²) in [5.41, 5.74) is 3.81. The Bertz CT molecular complexity index is 914. The van der Waals surface area contributed by atoms with E-state index >= 15 is 0 Å². The maximum atomic E-state index is 12.4. The van der Waals surface area contributed by atoms with Gasteiger partial charge in [-0.25, -0.2) is 4.79 Å². The Morgan fingerprint density at radius 3 is 2.38 bits per heavy atom. The van der Waals surface area contributed by atoms with Gasteiger partial charge in [-0.2, -0.15) is 0 Å². The molecule has 1 amide bonds. The van der Waals surface area contributed by atoms with Gasteiger partial charge in [-0.3, -0.25) is 0 Å². The van der Waals surface area contributed by atoms with Crippen molar-refractivity contribution in [3.63, 3.8) is 0 Å². The van der Waals surface area contributed by atoms with E-state index in [0.717, 1.165) is 43.4 Å². The van der Waals surface area contributed by atoms with Gasteiger partial charge in [-0.05, 0) is 94.2 Å². The second-order valence-electron chi connectivity index (χ2n) is 10.1. The van der Waals surface area contributed by atoms with Crippen molar-refractivity contribution in [3.8, 4) is 0 Å². The molecule has 2 aromatic rings. The predicted octanol–water partition coefficient (Wildman–Crippen LogP) is 6.98. The fraction of sp³-hybridized carbons (Fsp3) is 0.519. The first-order valence-electron chi connectivity index (χ1n) is 11.9. The zero-order chi connectivity index (χ0) is 22.7. The van der Waals surface area contributed by atoms with E-state index in [1.54, 1.807) is 0 Å². The number of anilines is 1. The Balaban J connectivity index is 1.42. The topological polar surface area (TPSA) is 32.8 Å². The normalized spacial score (nSPS) is 19.9. The molecule has 0 aromatic heterocycles. The van der Waals surface area contributed by atoms with E-state index in [2.05, 4.69) is 69.4 Å². The number of ether oxygens (including phenoxy) is 1. The molecular weight excluding hydrogens is 464 g/mol. The molecule has 0 spiro atoms. The minimum atomic E-state index is -0.436. The minimum Gasteiger partial charge on any atom is -0.444 e. The Kier molecular flexibility index (Phi) is 7.14. The van der Waals surface area contributed by atoms with Gasteiger partial charge in [0.1, 0.15) is 5.60 Å². The summed E-state index contributed by atoms with van der Waals surface area (Å²) in [7, 11) is 0. The van der Waals surface area contributed by atoms with Crippen LogP contribution in [-0.4, -0.2) is 36.2 Å². The number of carbonyl (C=O) groups is 1. The largest absolute Gasteiger partial charge is 0.444 e. The summed E-state index contributed by atoms with van der Waals surface area (Å²) in [4.78, 5) is 16.8. The third-order valence-electron chi connectivity index (χ3n) is 6.60. The van der Waals surface area contributed by atoms with Crippen LogP contribution in [0.25, 0.3) is 0 Å². The Morgan fingerprint density at radius 1 is 1.00 bits per heavy atom. The molecule has 1 atom stereocenters. The first-order chi connectivity index (χ1) is 15.3. The second kappa shape index (κ2) is 9.86. The van der Waals surface area contributed by atoms with Crippen LogP contribution in [0.5, 0.6) is 0 Å². The second-order valence-corrected chi connectivity index (χ2v) is 11.1. The lowest BCUT2D eigenvalue weighted by Crippen LogP contribution is -2.42. The highest BCUT2D eigenvalue weighted by atomic mass is 79.9. The molecule has 0 N–H and O–H groups in total. The van der Waals surface area contributed by atoms with Crippen LogP contribution in [0.1, 0.15) is 63.6 Å². The Hall–Kier alpha value is -2.01. The van der Waals surface area contributed by atoms with E-state index in [1.165, 1.54) is 29.7 Å². The number of amides is 1. The molecule has 2 aromatic carbocycles. The summed E-state index contributed by atoms with van der Waals surface area (Å²) >= 11 is 3.56. The summed E-state index contributed by atoms with van der Waals surface area (Å²) in [6, 6.07) is 18.1. The lowest BCUT2D eigenvalue weighted by Gasteiger charge is -2.34. The van der Waals surface area contributed by atoms with Crippen molar-refractivity contribution in [2.45, 2.75) is 64.5 Å². The maximum absolute atomic E-state index is 12.4. The van der Waals surface area contributed by atoms with Gasteiger partial charge in [0, 0.05) is 29.8 Å². The zero-order valence-corrected chi connectivity index (χ0v) is 21.1. The fourth-order valence-corrected chi connectivity index (χ4v) is 5.30. The summed E-state index contributed by atoms with van der Waals surface area (Å²) in [5, 5.41) is 0. The summed E-state index contributed by atoms with van der Waals surface area (Å²) in [6.07, 6.45) is 5.41. The van der Waals surface area contributed by atoms with Crippen LogP contribution < -0.4 is 4.90 Å². The number of halogens is 1. The number of likely N-dealkylation sites (tertiary alicyclic amines) is 1.